The highest BCUT2D eigenvalue weighted by Gasteiger charge is 2.55. The summed E-state index contributed by atoms with van der Waals surface area (Å²) in [7, 11) is 0. The maximum Gasteiger partial charge on any atom is 0.340 e. The fraction of sp³-hybridized carbons (Fsp3) is 0.500. The summed E-state index contributed by atoms with van der Waals surface area (Å²) in [4.78, 5) is 56.6. The van der Waals surface area contributed by atoms with Crippen molar-refractivity contribution >= 4 is 23.9 Å². The van der Waals surface area contributed by atoms with Gasteiger partial charge in [-0.05, 0) is 342 Å². The topological polar surface area (TPSA) is 304 Å². The molecule has 24 bridgehead atoms. The first-order valence-corrected chi connectivity index (χ1v) is 45.6. The largest absolute Gasteiger partial charge is 0.507 e. The van der Waals surface area contributed by atoms with Crippen LogP contribution in [0.2, 0.25) is 0 Å². The number of rotatable bonds is 24. The van der Waals surface area contributed by atoms with Gasteiger partial charge in [0.15, 0.2) is 27.2 Å². The number of hydrogen-bond acceptors (Lipinski definition) is 20. The van der Waals surface area contributed by atoms with Crippen LogP contribution in [0.5, 0.6) is 46.0 Å². The zero-order valence-corrected chi connectivity index (χ0v) is 70.2. The second kappa shape index (κ2) is 32.1. The molecule has 0 aromatic heterocycles. The highest BCUT2D eigenvalue weighted by Crippen LogP contribution is 2.65. The van der Waals surface area contributed by atoms with Gasteiger partial charge in [0.25, 0.3) is 0 Å². The average molecular weight is 1680 g/mol. The van der Waals surface area contributed by atoms with Gasteiger partial charge < -0.3 is 78.7 Å². The Balaban J connectivity index is 0.659. The van der Waals surface area contributed by atoms with Gasteiger partial charge in [0.2, 0.25) is 0 Å². The SMILES string of the molecule is O=C(OCOCC12CC3CC(CC(C3)C1)C2)c1ccc(C2c3cc(c(O)cc3O)C(c3ccc(C(=O)OCOCC45CC6CC(CC(C6)C4)C5)cc3)c3cc(c(O)cc3O)C(c3ccc(C(=O)OCOCC45CC6CC(CC(C6)C4)C5)cc3)c3cc(c(O)cc3O)C(c3ccc(C(=O)OCOCC45CC6CC(CC(C6)C4)C5)cc3)c3cc2c(O)cc3O)cc1. The molecule has 648 valence electrons. The molecule has 16 fully saturated rings. The zero-order valence-electron chi connectivity index (χ0n) is 70.2. The summed E-state index contributed by atoms with van der Waals surface area (Å²) in [6, 6.07) is 36.3. The first kappa shape index (κ1) is 81.0. The molecule has 20 heteroatoms. The van der Waals surface area contributed by atoms with Gasteiger partial charge in [-0.1, -0.05) is 48.5 Å². The molecule has 0 atom stereocenters. The van der Waals surface area contributed by atoms with Crippen molar-refractivity contribution < 1.29 is 97.9 Å². The maximum atomic E-state index is 14.2. The van der Waals surface area contributed by atoms with E-state index in [-0.39, 0.29) is 116 Å². The third-order valence-electron chi connectivity index (χ3n) is 32.5. The number of carbonyl (C=O) groups is 4. The molecule has 0 aliphatic heterocycles. The third kappa shape index (κ3) is 15.5. The number of phenolic OH excluding ortho intramolecular Hbond substituents is 8. The molecule has 8 N–H and O–H groups in total. The summed E-state index contributed by atoms with van der Waals surface area (Å²) in [5.41, 5.74) is 2.88. The van der Waals surface area contributed by atoms with E-state index >= 15 is 0 Å². The minimum absolute atomic E-state index is 0.0548. The lowest BCUT2D eigenvalue weighted by molar-refractivity contribution is -0.123. The molecular formula is C104H112O20. The summed E-state index contributed by atoms with van der Waals surface area (Å²) in [6.45, 7) is 0.992. The van der Waals surface area contributed by atoms with Gasteiger partial charge in [-0.15, -0.1) is 0 Å². The van der Waals surface area contributed by atoms with Crippen LogP contribution in [-0.2, 0) is 37.9 Å². The highest BCUT2D eigenvalue weighted by atomic mass is 16.7. The Morgan fingerprint density at radius 1 is 0.226 bits per heavy atom. The van der Waals surface area contributed by atoms with E-state index in [1.165, 1.54) is 101 Å². The van der Waals surface area contributed by atoms with Gasteiger partial charge in [-0.3, -0.25) is 0 Å². The first-order chi connectivity index (χ1) is 60.0. The summed E-state index contributed by atoms with van der Waals surface area (Å²) < 4.78 is 48.1. The molecule has 0 radical (unpaired) electrons. The number of ether oxygens (including phenoxy) is 8. The van der Waals surface area contributed by atoms with Crippen molar-refractivity contribution in [3.8, 4) is 46.0 Å². The van der Waals surface area contributed by atoms with Crippen LogP contribution in [0.25, 0.3) is 0 Å². The highest BCUT2D eigenvalue weighted by molar-refractivity contribution is 5.91. The van der Waals surface area contributed by atoms with Crippen LogP contribution in [0.1, 0.15) is 286 Å². The summed E-state index contributed by atoms with van der Waals surface area (Å²) in [6.07, 6.45) is 28.8. The minimum atomic E-state index is -1.29. The van der Waals surface area contributed by atoms with Gasteiger partial charge in [-0.2, -0.15) is 0 Å². The molecule has 20 nitrogen and oxygen atoms in total. The molecule has 17 aliphatic carbocycles. The van der Waals surface area contributed by atoms with Crippen LogP contribution < -0.4 is 0 Å². The van der Waals surface area contributed by atoms with Gasteiger partial charge in [0.1, 0.15) is 46.0 Å². The van der Waals surface area contributed by atoms with Gasteiger partial charge in [-0.25, -0.2) is 19.2 Å². The van der Waals surface area contributed by atoms with Crippen LogP contribution >= 0.6 is 0 Å². The van der Waals surface area contributed by atoms with E-state index in [0.717, 1.165) is 101 Å². The lowest BCUT2D eigenvalue weighted by Gasteiger charge is -2.56. The van der Waals surface area contributed by atoms with E-state index in [1.807, 2.05) is 0 Å². The second-order valence-corrected chi connectivity index (χ2v) is 41.4. The molecule has 8 aromatic carbocycles. The van der Waals surface area contributed by atoms with Crippen LogP contribution in [0, 0.1) is 92.7 Å². The Bertz CT molecular complexity index is 4530. The predicted octanol–water partition coefficient (Wildman–Crippen LogP) is 19.8. The number of fused-ring (bicyclic) bond motifs is 8. The molecule has 0 heterocycles. The molecule has 16 saturated carbocycles. The first-order valence-electron chi connectivity index (χ1n) is 45.6. The van der Waals surface area contributed by atoms with E-state index < -0.39 is 93.5 Å². The van der Waals surface area contributed by atoms with Crippen molar-refractivity contribution in [2.45, 2.75) is 178 Å². The Kier molecular flexibility index (Phi) is 20.9. The van der Waals surface area contributed by atoms with Crippen LogP contribution in [-0.4, -0.2) is 118 Å². The Hall–Kier alpha value is -10.1. The third-order valence-corrected chi connectivity index (χ3v) is 32.5. The lowest BCUT2D eigenvalue weighted by Crippen LogP contribution is -2.48. The number of carbonyl (C=O) groups excluding carboxylic acids is 4. The van der Waals surface area contributed by atoms with Crippen molar-refractivity contribution in [2.75, 3.05) is 53.6 Å². The molecule has 0 unspecified atom stereocenters. The van der Waals surface area contributed by atoms with E-state index in [4.69, 9.17) is 37.9 Å². The van der Waals surface area contributed by atoms with Crippen LogP contribution in [0.4, 0.5) is 0 Å². The van der Waals surface area contributed by atoms with Crippen molar-refractivity contribution in [3.05, 3.63) is 235 Å². The number of esters is 4. The standard InChI is InChI=1S/C104H112O20/c105-85-33-87(107)79-29-77(85)93(69-1-9-73(10-2-69)97(113)121-53-117-49-101-37-57-17-58(38-101)19-59(18-57)39-101)78-30-80(88(108)34-86(78)106)95(71-5-13-75(14-6-71)99(115)123-55-119-51-103-43-63-23-64(44-103)25-65(24-63)45-103)82-32-84(92(112)36-90(82)110)96(72-7-15-76(16-8-72)100(116)124-56-120-52-104-46-66-26-67(47-104)28-68(27-66)48-104)83-31-81(89(109)35-91(83)111)94(79)70-3-11-74(12-4-70)98(114)122-54-118-50-102-40-60-20-61(41-102)22-62(21-60)42-102/h1-16,29-36,57-68,93-96,105-112H,17-28,37-56H2. The Morgan fingerprint density at radius 2 is 0.371 bits per heavy atom. The maximum absolute atomic E-state index is 14.2. The monoisotopic (exact) mass is 1680 g/mol. The van der Waals surface area contributed by atoms with Gasteiger partial charge >= 0.3 is 23.9 Å². The molecule has 0 saturated heterocycles. The van der Waals surface area contributed by atoms with Crippen molar-refractivity contribution in [2.24, 2.45) is 92.7 Å². The summed E-state index contributed by atoms with van der Waals surface area (Å²) in [5, 5.41) is 102. The molecule has 124 heavy (non-hydrogen) atoms. The van der Waals surface area contributed by atoms with E-state index in [0.29, 0.717) is 120 Å². The quantitative estimate of drug-likeness (QED) is 0.0121. The molecule has 25 rings (SSSR count). The average Bonchev–Trinajstić information content (AvgIpc) is 0.723. The molecule has 8 aromatic rings. The van der Waals surface area contributed by atoms with Gasteiger partial charge in [0.05, 0.1) is 48.7 Å². The molecule has 17 aliphatic rings. The fourth-order valence-corrected chi connectivity index (χ4v) is 29.3. The fourth-order valence-electron chi connectivity index (χ4n) is 29.3. The van der Waals surface area contributed by atoms with Gasteiger partial charge in [0, 0.05) is 92.4 Å². The smallest absolute Gasteiger partial charge is 0.340 e. The van der Waals surface area contributed by atoms with Crippen molar-refractivity contribution in [3.63, 3.8) is 0 Å². The number of hydrogen-bond donors (Lipinski definition) is 8. The predicted molar refractivity (Wildman–Crippen MR) is 456 cm³/mol. The van der Waals surface area contributed by atoms with E-state index in [2.05, 4.69) is 0 Å². The van der Waals surface area contributed by atoms with E-state index in [9.17, 15) is 60.0 Å². The minimum Gasteiger partial charge on any atom is -0.507 e. The number of phenols is 8. The molecule has 0 spiro atoms. The van der Waals surface area contributed by atoms with Crippen molar-refractivity contribution in [1.29, 1.82) is 0 Å². The van der Waals surface area contributed by atoms with Crippen LogP contribution in [0.15, 0.2) is 146 Å². The number of aromatic hydroxyl groups is 8. The lowest BCUT2D eigenvalue weighted by atomic mass is 9.50. The molecule has 0 amide bonds. The summed E-state index contributed by atoms with van der Waals surface area (Å²) >= 11 is 0. The summed E-state index contributed by atoms with van der Waals surface area (Å²) in [5.74, 6) is -3.09. The Morgan fingerprint density at radius 3 is 0.516 bits per heavy atom. The Labute approximate surface area is 722 Å². The van der Waals surface area contributed by atoms with E-state index in [1.54, 1.807) is 97.1 Å². The second-order valence-electron chi connectivity index (χ2n) is 41.4. The van der Waals surface area contributed by atoms with Crippen molar-refractivity contribution in [1.82, 2.24) is 0 Å². The number of benzene rings is 8. The molecular weight excluding hydrogens is 1570 g/mol. The van der Waals surface area contributed by atoms with Crippen LogP contribution in [0.3, 0.4) is 0 Å². The zero-order chi connectivity index (χ0) is 84.7. The normalized spacial score (nSPS) is 32.0.